The molecule has 29 heavy (non-hydrogen) atoms. The molecule has 4 heteroatoms. The van der Waals surface area contributed by atoms with Crippen LogP contribution < -0.4 is 0 Å². The molecule has 1 heterocycles. The van der Waals surface area contributed by atoms with Crippen LogP contribution in [-0.4, -0.2) is 32.4 Å². The maximum Gasteiger partial charge on any atom is 0.306 e. The molecule has 1 unspecified atom stereocenters. The Morgan fingerprint density at radius 2 is 1.21 bits per heavy atom. The Bertz CT molecular complexity index is 443. The smallest absolute Gasteiger partial charge is 0.306 e. The highest BCUT2D eigenvalue weighted by Crippen LogP contribution is 2.44. The highest BCUT2D eigenvalue weighted by molar-refractivity contribution is 5.70. The molecule has 172 valence electrons. The van der Waals surface area contributed by atoms with E-state index in [1.54, 1.807) is 0 Å². The summed E-state index contributed by atoms with van der Waals surface area (Å²) in [5, 5.41) is 21.8. The van der Waals surface area contributed by atoms with Gasteiger partial charge in [0.1, 0.15) is 0 Å². The van der Waals surface area contributed by atoms with Crippen LogP contribution in [0.25, 0.3) is 0 Å². The Labute approximate surface area is 180 Å². The number of hydrogen-bond donors (Lipinski definition) is 2. The van der Waals surface area contributed by atoms with Crippen LogP contribution in [0.5, 0.6) is 0 Å². The van der Waals surface area contributed by atoms with E-state index in [0.29, 0.717) is 0 Å². The van der Waals surface area contributed by atoms with E-state index in [9.17, 15) is 15.1 Å². The van der Waals surface area contributed by atoms with Gasteiger partial charge in [0.25, 0.3) is 0 Å². The summed E-state index contributed by atoms with van der Waals surface area (Å²) in [6, 6.07) is 0. The Hall–Kier alpha value is -0.610. The molecule has 0 spiro atoms. The number of nitrogens with zero attached hydrogens (tertiary/aromatic N) is 1. The number of piperidine rings is 1. The molecule has 1 aliphatic rings. The third-order valence-electron chi connectivity index (χ3n) is 6.93. The monoisotopic (exact) mass is 411 g/mol. The SMILES string of the molecule is CCCCCCCCCCCCCCC(C(=O)O)C1CC(C)(C)N(O)C(C)(C)C1. The number of carboxylic acids is 1. The van der Waals surface area contributed by atoms with Crippen molar-refractivity contribution in [3.8, 4) is 0 Å². The second-order valence-electron chi connectivity index (χ2n) is 10.7. The summed E-state index contributed by atoms with van der Waals surface area (Å²) in [5.74, 6) is -0.810. The van der Waals surface area contributed by atoms with Crippen LogP contribution in [-0.2, 0) is 4.79 Å². The van der Waals surface area contributed by atoms with Crippen molar-refractivity contribution in [1.82, 2.24) is 5.06 Å². The van der Waals surface area contributed by atoms with Crippen LogP contribution in [0.2, 0.25) is 0 Å². The van der Waals surface area contributed by atoms with Gasteiger partial charge in [-0.15, -0.1) is 0 Å². The molecule has 0 aromatic carbocycles. The van der Waals surface area contributed by atoms with Crippen molar-refractivity contribution in [3.63, 3.8) is 0 Å². The third-order valence-corrected chi connectivity index (χ3v) is 6.93. The average Bonchev–Trinajstić information content (AvgIpc) is 2.62. The molecule has 1 fully saturated rings. The summed E-state index contributed by atoms with van der Waals surface area (Å²) in [7, 11) is 0. The third kappa shape index (κ3) is 9.38. The normalized spacial score (nSPS) is 20.6. The number of carbonyl (C=O) groups is 1. The Morgan fingerprint density at radius 1 is 0.828 bits per heavy atom. The summed E-state index contributed by atoms with van der Waals surface area (Å²) >= 11 is 0. The predicted molar refractivity (Wildman–Crippen MR) is 121 cm³/mol. The molecule has 1 rings (SSSR count). The van der Waals surface area contributed by atoms with Crippen molar-refractivity contribution in [1.29, 1.82) is 0 Å². The van der Waals surface area contributed by atoms with Crippen LogP contribution in [0.1, 0.15) is 131 Å². The Kier molecular flexibility index (Phi) is 11.8. The summed E-state index contributed by atoms with van der Waals surface area (Å²) in [6.07, 6.45) is 17.9. The summed E-state index contributed by atoms with van der Waals surface area (Å²) in [6.45, 7) is 10.3. The zero-order valence-corrected chi connectivity index (χ0v) is 20.0. The van der Waals surface area contributed by atoms with Crippen molar-refractivity contribution in [2.24, 2.45) is 11.8 Å². The molecule has 0 aromatic rings. The van der Waals surface area contributed by atoms with Crippen LogP contribution in [0.3, 0.4) is 0 Å². The average molecular weight is 412 g/mol. The number of aliphatic carboxylic acids is 1. The molecule has 0 aliphatic carbocycles. The molecule has 4 nitrogen and oxygen atoms in total. The van der Waals surface area contributed by atoms with Gasteiger partial charge in [-0.05, 0) is 52.9 Å². The maximum atomic E-state index is 12.0. The van der Waals surface area contributed by atoms with Crippen molar-refractivity contribution < 1.29 is 15.1 Å². The first kappa shape index (κ1) is 26.4. The maximum absolute atomic E-state index is 12.0. The van der Waals surface area contributed by atoms with Crippen LogP contribution in [0.4, 0.5) is 0 Å². The van der Waals surface area contributed by atoms with Gasteiger partial charge in [-0.2, -0.15) is 5.06 Å². The van der Waals surface area contributed by atoms with Gasteiger partial charge in [-0.25, -0.2) is 0 Å². The highest BCUT2D eigenvalue weighted by atomic mass is 16.5. The number of hydroxylamine groups is 2. The Morgan fingerprint density at radius 3 is 1.59 bits per heavy atom. The van der Waals surface area contributed by atoms with Gasteiger partial charge in [0.2, 0.25) is 0 Å². The molecule has 0 bridgehead atoms. The van der Waals surface area contributed by atoms with E-state index in [4.69, 9.17) is 0 Å². The van der Waals surface area contributed by atoms with Gasteiger partial charge in [-0.1, -0.05) is 84.0 Å². The van der Waals surface area contributed by atoms with Crippen molar-refractivity contribution >= 4 is 5.97 Å². The van der Waals surface area contributed by atoms with Crippen LogP contribution >= 0.6 is 0 Å². The second-order valence-corrected chi connectivity index (χ2v) is 10.7. The van der Waals surface area contributed by atoms with Gasteiger partial charge in [0.15, 0.2) is 0 Å². The number of unbranched alkanes of at least 4 members (excludes halogenated alkanes) is 11. The minimum Gasteiger partial charge on any atom is -0.481 e. The lowest BCUT2D eigenvalue weighted by Gasteiger charge is -2.52. The zero-order chi connectivity index (χ0) is 21.9. The highest BCUT2D eigenvalue weighted by Gasteiger charge is 2.48. The quantitative estimate of drug-likeness (QED) is 0.275. The first-order valence-corrected chi connectivity index (χ1v) is 12.3. The molecule has 1 saturated heterocycles. The first-order chi connectivity index (χ1) is 13.6. The molecule has 2 N–H and O–H groups in total. The van der Waals surface area contributed by atoms with E-state index >= 15 is 0 Å². The first-order valence-electron chi connectivity index (χ1n) is 12.3. The largest absolute Gasteiger partial charge is 0.481 e. The summed E-state index contributed by atoms with van der Waals surface area (Å²) in [5.41, 5.74) is -0.757. The fourth-order valence-corrected chi connectivity index (χ4v) is 5.40. The van der Waals surface area contributed by atoms with E-state index < -0.39 is 5.97 Å². The van der Waals surface area contributed by atoms with Gasteiger partial charge in [-0.3, -0.25) is 4.79 Å². The van der Waals surface area contributed by atoms with Crippen molar-refractivity contribution in [2.45, 2.75) is 142 Å². The molecular formula is C25H49NO3. The van der Waals surface area contributed by atoms with Gasteiger partial charge in [0.05, 0.1) is 5.92 Å². The summed E-state index contributed by atoms with van der Waals surface area (Å²) < 4.78 is 0. The van der Waals surface area contributed by atoms with E-state index in [1.807, 2.05) is 27.7 Å². The van der Waals surface area contributed by atoms with Gasteiger partial charge < -0.3 is 10.3 Å². The molecule has 0 amide bonds. The van der Waals surface area contributed by atoms with Crippen molar-refractivity contribution in [2.75, 3.05) is 0 Å². The van der Waals surface area contributed by atoms with E-state index in [1.165, 1.54) is 69.3 Å². The summed E-state index contributed by atoms with van der Waals surface area (Å²) in [4.78, 5) is 12.0. The lowest BCUT2D eigenvalue weighted by Crippen LogP contribution is -2.60. The van der Waals surface area contributed by atoms with Crippen molar-refractivity contribution in [3.05, 3.63) is 0 Å². The fraction of sp³-hybridized carbons (Fsp3) is 0.960. The topological polar surface area (TPSA) is 60.8 Å². The van der Waals surface area contributed by atoms with E-state index in [2.05, 4.69) is 6.92 Å². The molecule has 1 atom stereocenters. The lowest BCUT2D eigenvalue weighted by molar-refractivity contribution is -0.254. The molecular weight excluding hydrogens is 362 g/mol. The number of hydrogen-bond acceptors (Lipinski definition) is 3. The van der Waals surface area contributed by atoms with E-state index in [0.717, 1.165) is 32.1 Å². The minimum atomic E-state index is -0.656. The standard InChI is InChI=1S/C25H49NO3/c1-6-7-8-9-10-11-12-13-14-15-16-17-18-22(23(27)28)21-19-24(2,3)26(29)25(4,5)20-21/h21-22,29H,6-20H2,1-5H3,(H,27,28). The second kappa shape index (κ2) is 12.9. The minimum absolute atomic E-state index is 0.133. The molecule has 1 aliphatic heterocycles. The Balaban J connectivity index is 2.25. The lowest BCUT2D eigenvalue weighted by atomic mass is 9.69. The molecule has 0 aromatic heterocycles. The van der Waals surface area contributed by atoms with E-state index in [-0.39, 0.29) is 22.9 Å². The van der Waals surface area contributed by atoms with Crippen LogP contribution in [0.15, 0.2) is 0 Å². The zero-order valence-electron chi connectivity index (χ0n) is 20.0. The van der Waals surface area contributed by atoms with Crippen LogP contribution in [0, 0.1) is 11.8 Å². The predicted octanol–water partition coefficient (Wildman–Crippen LogP) is 7.44. The number of carboxylic acid groups (broad SMARTS) is 1. The molecule has 0 radical (unpaired) electrons. The number of rotatable bonds is 15. The molecule has 0 saturated carbocycles. The fourth-order valence-electron chi connectivity index (χ4n) is 5.40. The van der Waals surface area contributed by atoms with Gasteiger partial charge in [0, 0.05) is 11.1 Å². The van der Waals surface area contributed by atoms with Gasteiger partial charge >= 0.3 is 5.97 Å².